The van der Waals surface area contributed by atoms with Crippen LogP contribution in [0.25, 0.3) is 0 Å². The third-order valence-electron chi connectivity index (χ3n) is 1.27. The van der Waals surface area contributed by atoms with Crippen molar-refractivity contribution >= 4 is 0 Å². The second kappa shape index (κ2) is 2.68. The van der Waals surface area contributed by atoms with Crippen molar-refractivity contribution in [1.29, 1.82) is 0 Å². The molecule has 0 aromatic carbocycles. The molecule has 0 bridgehead atoms. The molecule has 0 heterocycles. The molecule has 8 heavy (non-hydrogen) atoms. The molecule has 0 spiro atoms. The molecule has 0 unspecified atom stereocenters. The van der Waals surface area contributed by atoms with Crippen molar-refractivity contribution in [3.63, 3.8) is 0 Å². The molecule has 1 aliphatic rings. The van der Waals surface area contributed by atoms with E-state index in [1.54, 1.807) is 0 Å². The second-order valence-corrected chi connectivity index (χ2v) is 1.99. The van der Waals surface area contributed by atoms with Crippen LogP contribution < -0.4 is 5.32 Å². The van der Waals surface area contributed by atoms with Crippen LogP contribution in [0.5, 0.6) is 0 Å². The molecule has 0 aromatic heterocycles. The van der Waals surface area contributed by atoms with Crippen molar-refractivity contribution in [2.24, 2.45) is 5.92 Å². The highest BCUT2D eigenvalue weighted by atomic mass is 14.8. The number of hydrogen-bond acceptors (Lipinski definition) is 1. The lowest BCUT2D eigenvalue weighted by Gasteiger charge is -2.00. The van der Waals surface area contributed by atoms with E-state index in [9.17, 15) is 0 Å². The Morgan fingerprint density at radius 1 is 1.38 bits per heavy atom. The minimum atomic E-state index is 0.639. The van der Waals surface area contributed by atoms with Crippen LogP contribution in [0.15, 0.2) is 24.3 Å². The van der Waals surface area contributed by atoms with Gasteiger partial charge in [0.05, 0.1) is 0 Å². The lowest BCUT2D eigenvalue weighted by Crippen LogP contribution is -2.14. The first kappa shape index (κ1) is 5.57. The summed E-state index contributed by atoms with van der Waals surface area (Å²) < 4.78 is 0. The van der Waals surface area contributed by atoms with E-state index in [1.165, 1.54) is 0 Å². The van der Waals surface area contributed by atoms with Gasteiger partial charge >= 0.3 is 0 Å². The van der Waals surface area contributed by atoms with Gasteiger partial charge in [-0.3, -0.25) is 0 Å². The predicted octanol–water partition coefficient (Wildman–Crippen LogP) is 0.948. The van der Waals surface area contributed by atoms with Crippen molar-refractivity contribution in [3.05, 3.63) is 24.3 Å². The molecule has 0 saturated heterocycles. The number of hydrogen-bond donors (Lipinski definition) is 1. The van der Waals surface area contributed by atoms with Crippen LogP contribution in [-0.4, -0.2) is 13.6 Å². The van der Waals surface area contributed by atoms with Crippen LogP contribution in [0.2, 0.25) is 0 Å². The minimum absolute atomic E-state index is 0.639. The van der Waals surface area contributed by atoms with Gasteiger partial charge in [-0.25, -0.2) is 0 Å². The van der Waals surface area contributed by atoms with Gasteiger partial charge in [0.2, 0.25) is 0 Å². The van der Waals surface area contributed by atoms with Crippen molar-refractivity contribution in [2.45, 2.75) is 0 Å². The largest absolute Gasteiger partial charge is 0.319 e. The van der Waals surface area contributed by atoms with Gasteiger partial charge in [-0.05, 0) is 7.05 Å². The third-order valence-corrected chi connectivity index (χ3v) is 1.27. The second-order valence-electron chi connectivity index (χ2n) is 1.99. The van der Waals surface area contributed by atoms with Crippen LogP contribution in [-0.2, 0) is 0 Å². The Morgan fingerprint density at radius 3 is 2.50 bits per heavy atom. The van der Waals surface area contributed by atoms with Crippen LogP contribution in [0.1, 0.15) is 0 Å². The van der Waals surface area contributed by atoms with Gasteiger partial charge in [0, 0.05) is 12.5 Å². The zero-order chi connectivity index (χ0) is 5.82. The Balaban J connectivity index is 2.27. The van der Waals surface area contributed by atoms with Crippen molar-refractivity contribution in [3.8, 4) is 0 Å². The molecule has 1 rings (SSSR count). The quantitative estimate of drug-likeness (QED) is 0.556. The molecule has 1 aliphatic carbocycles. The molecule has 1 heteroatoms. The monoisotopic (exact) mass is 109 g/mol. The van der Waals surface area contributed by atoms with E-state index >= 15 is 0 Å². The minimum Gasteiger partial charge on any atom is -0.319 e. The maximum absolute atomic E-state index is 3.11. The third kappa shape index (κ3) is 1.20. The number of nitrogens with one attached hydrogen (secondary N) is 1. The summed E-state index contributed by atoms with van der Waals surface area (Å²) in [7, 11) is 1.97. The Labute approximate surface area is 50.1 Å². The normalized spacial score (nSPS) is 18.1. The Bertz CT molecular complexity index is 102. The van der Waals surface area contributed by atoms with Crippen molar-refractivity contribution in [1.82, 2.24) is 5.32 Å². The first-order valence-electron chi connectivity index (χ1n) is 2.93. The van der Waals surface area contributed by atoms with E-state index in [0.29, 0.717) is 5.92 Å². The van der Waals surface area contributed by atoms with E-state index in [0.717, 1.165) is 6.54 Å². The van der Waals surface area contributed by atoms with Gasteiger partial charge in [-0.1, -0.05) is 24.3 Å². The van der Waals surface area contributed by atoms with Crippen molar-refractivity contribution in [2.75, 3.05) is 13.6 Å². The molecule has 0 radical (unpaired) electrons. The van der Waals surface area contributed by atoms with Crippen LogP contribution in [0, 0.1) is 5.92 Å². The standard InChI is InChI=1S/C7H11N/c1-8-6-7-4-2-3-5-7/h2-5,7-8H,6H2,1H3. The summed E-state index contributed by atoms with van der Waals surface area (Å²) in [5.41, 5.74) is 0. The van der Waals surface area contributed by atoms with Gasteiger partial charge in [0.15, 0.2) is 0 Å². The van der Waals surface area contributed by atoms with E-state index < -0.39 is 0 Å². The first-order chi connectivity index (χ1) is 3.93. The Hall–Kier alpha value is -0.560. The zero-order valence-electron chi connectivity index (χ0n) is 5.09. The van der Waals surface area contributed by atoms with Gasteiger partial charge in [-0.15, -0.1) is 0 Å². The van der Waals surface area contributed by atoms with Gasteiger partial charge in [0.1, 0.15) is 0 Å². The molecule has 0 aromatic rings. The van der Waals surface area contributed by atoms with Crippen molar-refractivity contribution < 1.29 is 0 Å². The summed E-state index contributed by atoms with van der Waals surface area (Å²) in [5, 5.41) is 3.11. The molecular weight excluding hydrogens is 98.1 g/mol. The maximum Gasteiger partial charge on any atom is 0.00778 e. The average Bonchev–Trinajstić information content (AvgIpc) is 2.19. The molecule has 1 nitrogen and oxygen atoms in total. The highest BCUT2D eigenvalue weighted by Gasteiger charge is 1.98. The molecule has 0 aliphatic heterocycles. The molecular formula is C7H11N. The topological polar surface area (TPSA) is 12.0 Å². The lowest BCUT2D eigenvalue weighted by atomic mass is 10.2. The van der Waals surface area contributed by atoms with E-state index in [4.69, 9.17) is 0 Å². The number of allylic oxidation sites excluding steroid dienone is 2. The van der Waals surface area contributed by atoms with Gasteiger partial charge in [0.25, 0.3) is 0 Å². The molecule has 44 valence electrons. The fourth-order valence-electron chi connectivity index (χ4n) is 0.850. The highest BCUT2D eigenvalue weighted by molar-refractivity contribution is 5.17. The Morgan fingerprint density at radius 2 is 2.00 bits per heavy atom. The average molecular weight is 109 g/mol. The van der Waals surface area contributed by atoms with Crippen LogP contribution in [0.3, 0.4) is 0 Å². The first-order valence-corrected chi connectivity index (χ1v) is 2.93. The molecule has 1 N–H and O–H groups in total. The molecule has 0 amide bonds. The summed E-state index contributed by atoms with van der Waals surface area (Å²) in [6.07, 6.45) is 8.55. The van der Waals surface area contributed by atoms with E-state index in [2.05, 4.69) is 29.6 Å². The molecule has 0 saturated carbocycles. The summed E-state index contributed by atoms with van der Waals surface area (Å²) in [5.74, 6) is 0.639. The van der Waals surface area contributed by atoms with E-state index in [1.807, 2.05) is 7.05 Å². The predicted molar refractivity (Wildman–Crippen MR) is 35.7 cm³/mol. The SMILES string of the molecule is CNCC1C=CC=C1. The lowest BCUT2D eigenvalue weighted by molar-refractivity contribution is 0.708. The summed E-state index contributed by atoms with van der Waals surface area (Å²) >= 11 is 0. The smallest absolute Gasteiger partial charge is 0.00778 e. The molecule has 0 fully saturated rings. The van der Waals surface area contributed by atoms with Crippen LogP contribution in [0.4, 0.5) is 0 Å². The summed E-state index contributed by atoms with van der Waals surface area (Å²) in [6.45, 7) is 1.06. The highest BCUT2D eigenvalue weighted by Crippen LogP contribution is 2.05. The maximum atomic E-state index is 3.11. The molecule has 0 atom stereocenters. The Kier molecular flexibility index (Phi) is 1.86. The zero-order valence-corrected chi connectivity index (χ0v) is 5.09. The fourth-order valence-corrected chi connectivity index (χ4v) is 0.850. The summed E-state index contributed by atoms with van der Waals surface area (Å²) in [4.78, 5) is 0. The summed E-state index contributed by atoms with van der Waals surface area (Å²) in [6, 6.07) is 0. The van der Waals surface area contributed by atoms with Gasteiger partial charge in [-0.2, -0.15) is 0 Å². The number of rotatable bonds is 2. The van der Waals surface area contributed by atoms with E-state index in [-0.39, 0.29) is 0 Å². The van der Waals surface area contributed by atoms with Gasteiger partial charge < -0.3 is 5.32 Å². The fraction of sp³-hybridized carbons (Fsp3) is 0.429. The van der Waals surface area contributed by atoms with Crippen LogP contribution >= 0.6 is 0 Å².